The highest BCUT2D eigenvalue weighted by atomic mass is 32.2. The van der Waals surface area contributed by atoms with Crippen LogP contribution in [0.3, 0.4) is 0 Å². The van der Waals surface area contributed by atoms with Crippen LogP contribution in [-0.4, -0.2) is 64.6 Å². The smallest absolute Gasteiger partial charge is 0.325 e. The summed E-state index contributed by atoms with van der Waals surface area (Å²) < 4.78 is 36.0. The lowest BCUT2D eigenvalue weighted by Crippen LogP contribution is -2.44. The second-order valence-corrected chi connectivity index (χ2v) is 13.8. The Labute approximate surface area is 239 Å². The van der Waals surface area contributed by atoms with E-state index in [2.05, 4.69) is 36.8 Å². The van der Waals surface area contributed by atoms with Crippen LogP contribution < -0.4 is 15.5 Å². The molecule has 0 unspecified atom stereocenters. The first-order valence-electron chi connectivity index (χ1n) is 12.6. The van der Waals surface area contributed by atoms with Crippen molar-refractivity contribution in [3.63, 3.8) is 0 Å². The molecule has 2 fully saturated rings. The van der Waals surface area contributed by atoms with E-state index in [1.54, 1.807) is 36.6 Å². The molecule has 3 aromatic heterocycles. The second kappa shape index (κ2) is 10.5. The van der Waals surface area contributed by atoms with Gasteiger partial charge in [0.15, 0.2) is 5.82 Å². The predicted molar refractivity (Wildman–Crippen MR) is 153 cm³/mol. The van der Waals surface area contributed by atoms with Crippen LogP contribution in [0.5, 0.6) is 0 Å². The number of rotatable bonds is 7. The minimum absolute atomic E-state index is 0.0656. The van der Waals surface area contributed by atoms with E-state index in [0.29, 0.717) is 72.0 Å². The fraction of sp³-hybridized carbons (Fsp3) is 0.360. The van der Waals surface area contributed by atoms with Gasteiger partial charge in [0, 0.05) is 46.5 Å². The molecule has 2 aliphatic rings. The minimum Gasteiger partial charge on any atom is -0.377 e. The largest absolute Gasteiger partial charge is 0.377 e. The zero-order valence-electron chi connectivity index (χ0n) is 21.7. The third-order valence-electron chi connectivity index (χ3n) is 6.87. The number of aromatic nitrogens is 5. The number of carbonyl (C=O) groups excluding carboxylic acids is 1. The Morgan fingerprint density at radius 1 is 1.15 bits per heavy atom. The fourth-order valence-corrected chi connectivity index (χ4v) is 8.30. The normalized spacial score (nSPS) is 18.4. The molecule has 1 saturated carbocycles. The third-order valence-corrected chi connectivity index (χ3v) is 11.3. The lowest BCUT2D eigenvalue weighted by molar-refractivity contribution is 0.0985. The SMILES string of the molecule is Cc1csc(S(=O)(=O)C2(c3cc(N4CCOC[C@@H]4C)nc(-c4ccc(NC(=O)Nc5ncns5)cc4)n3)CC2)n1. The number of morpholine rings is 1. The predicted octanol–water partition coefficient (Wildman–Crippen LogP) is 4.09. The molecule has 1 atom stereocenters. The molecule has 6 rings (SSSR count). The average molecular weight is 599 g/mol. The van der Waals surface area contributed by atoms with E-state index in [1.807, 2.05) is 6.07 Å². The minimum atomic E-state index is -3.75. The summed E-state index contributed by atoms with van der Waals surface area (Å²) in [5.41, 5.74) is 2.40. The molecule has 4 aromatic rings. The molecular weight excluding hydrogens is 573 g/mol. The topological polar surface area (TPSA) is 152 Å². The molecule has 0 spiro atoms. The van der Waals surface area contributed by atoms with Gasteiger partial charge in [-0.05, 0) is 51.0 Å². The number of urea groups is 1. The van der Waals surface area contributed by atoms with Gasteiger partial charge in [0.05, 0.1) is 24.9 Å². The van der Waals surface area contributed by atoms with Gasteiger partial charge in [-0.25, -0.2) is 33.1 Å². The Bertz CT molecular complexity index is 1640. The number of sulfone groups is 1. The van der Waals surface area contributed by atoms with Gasteiger partial charge in [0.2, 0.25) is 19.3 Å². The van der Waals surface area contributed by atoms with Gasteiger partial charge >= 0.3 is 6.03 Å². The Balaban J connectivity index is 1.34. The first-order chi connectivity index (χ1) is 19.2. The van der Waals surface area contributed by atoms with Gasteiger partial charge in [-0.1, -0.05) is 0 Å². The van der Waals surface area contributed by atoms with Crippen LogP contribution in [0.4, 0.5) is 21.4 Å². The average Bonchev–Trinajstić information content (AvgIpc) is 3.41. The molecule has 4 heterocycles. The van der Waals surface area contributed by atoms with E-state index < -0.39 is 20.6 Å². The molecule has 2 N–H and O–H groups in total. The molecule has 1 aliphatic heterocycles. The number of hydrogen-bond acceptors (Lipinski definition) is 12. The van der Waals surface area contributed by atoms with Crippen molar-refractivity contribution in [2.75, 3.05) is 35.3 Å². The van der Waals surface area contributed by atoms with Crippen LogP contribution in [0.2, 0.25) is 0 Å². The van der Waals surface area contributed by atoms with Crippen molar-refractivity contribution in [2.24, 2.45) is 0 Å². The van der Waals surface area contributed by atoms with Gasteiger partial charge < -0.3 is 15.0 Å². The van der Waals surface area contributed by atoms with Crippen molar-refractivity contribution in [1.29, 1.82) is 0 Å². The number of thiazole rings is 1. The van der Waals surface area contributed by atoms with Crippen LogP contribution in [0, 0.1) is 6.92 Å². The highest BCUT2D eigenvalue weighted by Gasteiger charge is 2.59. The Morgan fingerprint density at radius 3 is 2.60 bits per heavy atom. The maximum absolute atomic E-state index is 13.8. The maximum Gasteiger partial charge on any atom is 0.325 e. The Kier molecular flexibility index (Phi) is 6.98. The first kappa shape index (κ1) is 26.7. The summed E-state index contributed by atoms with van der Waals surface area (Å²) in [6, 6.07) is 8.51. The fourth-order valence-electron chi connectivity index (χ4n) is 4.60. The van der Waals surface area contributed by atoms with Crippen LogP contribution in [0.15, 0.2) is 46.4 Å². The molecule has 12 nitrogen and oxygen atoms in total. The molecule has 208 valence electrons. The number of amides is 2. The number of hydrogen-bond donors (Lipinski definition) is 2. The molecule has 0 radical (unpaired) electrons. The summed E-state index contributed by atoms with van der Waals surface area (Å²) in [6.45, 7) is 5.58. The summed E-state index contributed by atoms with van der Waals surface area (Å²) in [5.74, 6) is 1.07. The monoisotopic (exact) mass is 598 g/mol. The van der Waals surface area contributed by atoms with E-state index in [0.717, 1.165) is 22.9 Å². The van der Waals surface area contributed by atoms with Crippen molar-refractivity contribution in [3.05, 3.63) is 53.4 Å². The second-order valence-electron chi connectivity index (χ2n) is 9.71. The van der Waals surface area contributed by atoms with Gasteiger partial charge in [-0.2, -0.15) is 4.37 Å². The molecule has 15 heteroatoms. The van der Waals surface area contributed by atoms with Crippen molar-refractivity contribution >= 4 is 55.4 Å². The van der Waals surface area contributed by atoms with Gasteiger partial charge in [0.25, 0.3) is 0 Å². The quantitative estimate of drug-likeness (QED) is 0.318. The van der Waals surface area contributed by atoms with Gasteiger partial charge in [-0.15, -0.1) is 11.3 Å². The summed E-state index contributed by atoms with van der Waals surface area (Å²) >= 11 is 2.22. The zero-order valence-corrected chi connectivity index (χ0v) is 24.1. The number of carbonyl (C=O) groups is 1. The van der Waals surface area contributed by atoms with Crippen LogP contribution >= 0.6 is 22.9 Å². The molecule has 40 heavy (non-hydrogen) atoms. The van der Waals surface area contributed by atoms with Crippen LogP contribution in [0.25, 0.3) is 11.4 Å². The molecular formula is C25H26N8O4S3. The molecule has 2 amide bonds. The van der Waals surface area contributed by atoms with E-state index in [1.165, 1.54) is 6.33 Å². The van der Waals surface area contributed by atoms with Crippen molar-refractivity contribution in [3.8, 4) is 11.4 Å². The number of nitrogens with zero attached hydrogens (tertiary/aromatic N) is 6. The standard InChI is InChI=1S/C25H26N8O4S3/c1-15-13-38-24(28-15)40(35,36)25(7-8-25)19-11-20(33-9-10-37-12-16(33)2)31-21(30-19)17-3-5-18(6-4-17)29-22(34)32-23-26-14-27-39-23/h3-6,11,13-14,16H,7-10,12H2,1-2H3,(H2,26,27,29,32,34)/t16-/m0/s1. The lowest BCUT2D eigenvalue weighted by atomic mass is 10.1. The van der Waals surface area contributed by atoms with Crippen LogP contribution in [-0.2, 0) is 19.3 Å². The molecule has 1 aliphatic carbocycles. The number of anilines is 3. The van der Waals surface area contributed by atoms with E-state index in [9.17, 15) is 13.2 Å². The number of ether oxygens (including phenoxy) is 1. The van der Waals surface area contributed by atoms with Crippen molar-refractivity contribution in [2.45, 2.75) is 41.8 Å². The Hall–Kier alpha value is -3.53. The lowest BCUT2D eigenvalue weighted by Gasteiger charge is -2.34. The number of nitrogens with one attached hydrogen (secondary N) is 2. The van der Waals surface area contributed by atoms with Gasteiger partial charge in [-0.3, -0.25) is 5.32 Å². The van der Waals surface area contributed by atoms with E-state index in [4.69, 9.17) is 14.7 Å². The summed E-state index contributed by atoms with van der Waals surface area (Å²) in [5, 5.41) is 7.51. The first-order valence-corrected chi connectivity index (χ1v) is 15.7. The van der Waals surface area contributed by atoms with Crippen LogP contribution in [0.1, 0.15) is 31.2 Å². The highest BCUT2D eigenvalue weighted by Crippen LogP contribution is 2.55. The molecule has 1 saturated heterocycles. The summed E-state index contributed by atoms with van der Waals surface area (Å²) in [4.78, 5) is 32.3. The summed E-state index contributed by atoms with van der Waals surface area (Å²) in [6.07, 6.45) is 2.30. The van der Waals surface area contributed by atoms with E-state index >= 15 is 0 Å². The zero-order chi connectivity index (χ0) is 27.9. The number of benzene rings is 1. The van der Waals surface area contributed by atoms with Crippen molar-refractivity contribution in [1.82, 2.24) is 24.3 Å². The molecule has 1 aromatic carbocycles. The van der Waals surface area contributed by atoms with Crippen molar-refractivity contribution < 1.29 is 17.9 Å². The van der Waals surface area contributed by atoms with Gasteiger partial charge in [0.1, 0.15) is 16.9 Å². The van der Waals surface area contributed by atoms with E-state index in [-0.39, 0.29) is 10.4 Å². The maximum atomic E-state index is 13.8. The third kappa shape index (κ3) is 5.05. The molecule has 0 bridgehead atoms. The summed E-state index contributed by atoms with van der Waals surface area (Å²) in [7, 11) is -3.75. The Morgan fingerprint density at radius 2 is 1.95 bits per heavy atom. The number of aryl methyl sites for hydroxylation is 1. The highest BCUT2D eigenvalue weighted by molar-refractivity contribution is 7.94.